The first kappa shape index (κ1) is 21.4. The molecule has 0 radical (unpaired) electrons. The van der Waals surface area contributed by atoms with E-state index in [-0.39, 0.29) is 11.8 Å². The molecule has 0 amide bonds. The molecule has 4 aromatic rings. The second kappa shape index (κ2) is 8.03. The summed E-state index contributed by atoms with van der Waals surface area (Å²) < 4.78 is 45.7. The molecule has 8 heteroatoms. The molecule has 0 saturated carbocycles. The highest BCUT2D eigenvalue weighted by atomic mass is 19.4. The Labute approximate surface area is 181 Å². The third kappa shape index (κ3) is 4.16. The van der Waals surface area contributed by atoms with Crippen LogP contribution in [0.4, 0.5) is 13.2 Å². The van der Waals surface area contributed by atoms with Crippen molar-refractivity contribution in [2.45, 2.75) is 26.1 Å². The number of aromatic carboxylic acids is 1. The van der Waals surface area contributed by atoms with Crippen LogP contribution in [0.15, 0.2) is 66.9 Å². The van der Waals surface area contributed by atoms with Crippen molar-refractivity contribution in [3.8, 4) is 22.7 Å². The molecule has 5 nitrogen and oxygen atoms in total. The Morgan fingerprint density at radius 2 is 1.69 bits per heavy atom. The minimum Gasteiger partial charge on any atom is -0.491 e. The number of fused-ring (bicyclic) bond motifs is 1. The number of benzene rings is 2. The van der Waals surface area contributed by atoms with Gasteiger partial charge in [0.05, 0.1) is 29.1 Å². The lowest BCUT2D eigenvalue weighted by Crippen LogP contribution is -2.07. The molecular formula is C24H19F3N2O3. The Morgan fingerprint density at radius 1 is 1.03 bits per heavy atom. The van der Waals surface area contributed by atoms with Crippen LogP contribution in [-0.4, -0.2) is 26.7 Å². The van der Waals surface area contributed by atoms with Gasteiger partial charge in [-0.1, -0.05) is 12.1 Å². The van der Waals surface area contributed by atoms with Crippen LogP contribution in [0, 0.1) is 0 Å². The summed E-state index contributed by atoms with van der Waals surface area (Å²) in [5.74, 6) is -0.445. The number of hydrogen-bond acceptors (Lipinski definition) is 3. The minimum absolute atomic E-state index is 0.00987. The third-order valence-corrected chi connectivity index (χ3v) is 4.88. The summed E-state index contributed by atoms with van der Waals surface area (Å²) in [6.07, 6.45) is -2.89. The van der Waals surface area contributed by atoms with Crippen LogP contribution in [-0.2, 0) is 6.18 Å². The van der Waals surface area contributed by atoms with Gasteiger partial charge in [0, 0.05) is 16.6 Å². The zero-order valence-electron chi connectivity index (χ0n) is 17.2. The molecule has 0 spiro atoms. The first-order valence-electron chi connectivity index (χ1n) is 9.83. The van der Waals surface area contributed by atoms with Crippen molar-refractivity contribution >= 4 is 16.9 Å². The molecule has 0 saturated heterocycles. The van der Waals surface area contributed by atoms with E-state index in [1.54, 1.807) is 34.9 Å². The first-order chi connectivity index (χ1) is 15.1. The molecule has 2 heterocycles. The van der Waals surface area contributed by atoms with E-state index in [0.717, 1.165) is 12.1 Å². The van der Waals surface area contributed by atoms with E-state index >= 15 is 0 Å². The maximum atomic E-state index is 12.8. The number of carboxylic acid groups (broad SMARTS) is 1. The average Bonchev–Trinajstić information content (AvgIpc) is 3.12. The molecule has 0 fully saturated rings. The number of nitrogens with zero attached hydrogens (tertiary/aromatic N) is 2. The van der Waals surface area contributed by atoms with Crippen molar-refractivity contribution in [2.75, 3.05) is 0 Å². The van der Waals surface area contributed by atoms with Gasteiger partial charge in [-0.3, -0.25) is 4.98 Å². The molecule has 0 atom stereocenters. The molecule has 1 N–H and O–H groups in total. The quantitative estimate of drug-likeness (QED) is 0.402. The van der Waals surface area contributed by atoms with Crippen LogP contribution >= 0.6 is 0 Å². The predicted molar refractivity (Wildman–Crippen MR) is 114 cm³/mol. The zero-order chi connectivity index (χ0) is 23.0. The Kier molecular flexibility index (Phi) is 5.38. The van der Waals surface area contributed by atoms with E-state index in [1.807, 2.05) is 13.8 Å². The lowest BCUT2D eigenvalue weighted by Gasteiger charge is -2.12. The normalized spacial score (nSPS) is 11.8. The Bertz CT molecular complexity index is 1280. The minimum atomic E-state index is -4.42. The molecule has 0 unspecified atom stereocenters. The van der Waals surface area contributed by atoms with E-state index in [1.165, 1.54) is 24.4 Å². The van der Waals surface area contributed by atoms with Crippen LogP contribution in [0.25, 0.3) is 27.8 Å². The SMILES string of the molecule is CC(C)Oc1ccc(-n2c(C(=O)O)cc3cc(-c4ccc(C(F)(F)F)cc4)ncc32)cc1. The van der Waals surface area contributed by atoms with Crippen molar-refractivity contribution in [1.29, 1.82) is 0 Å². The van der Waals surface area contributed by atoms with Gasteiger partial charge >= 0.3 is 12.1 Å². The Morgan fingerprint density at radius 3 is 2.25 bits per heavy atom. The van der Waals surface area contributed by atoms with Gasteiger partial charge in [0.2, 0.25) is 0 Å². The molecule has 0 aliphatic carbocycles. The summed E-state index contributed by atoms with van der Waals surface area (Å²) in [6.45, 7) is 3.83. The molecule has 2 aromatic carbocycles. The fraction of sp³-hybridized carbons (Fsp3) is 0.167. The molecule has 4 rings (SSSR count). The van der Waals surface area contributed by atoms with Gasteiger partial charge in [-0.2, -0.15) is 13.2 Å². The van der Waals surface area contributed by atoms with E-state index in [4.69, 9.17) is 4.74 Å². The molecule has 0 aliphatic rings. The van der Waals surface area contributed by atoms with Gasteiger partial charge < -0.3 is 14.4 Å². The standard InChI is InChI=1S/C24H19F3N2O3/c1-14(2)32-19-9-7-18(8-10-19)29-21(23(30)31)12-16-11-20(28-13-22(16)29)15-3-5-17(6-4-15)24(25,26)27/h3-14H,1-2H3,(H,30,31). The smallest absolute Gasteiger partial charge is 0.416 e. The molecule has 0 bridgehead atoms. The predicted octanol–water partition coefficient (Wildman–Crippen LogP) is 6.20. The van der Waals surface area contributed by atoms with E-state index < -0.39 is 17.7 Å². The Balaban J connectivity index is 1.76. The van der Waals surface area contributed by atoms with Crippen LogP contribution in [0.2, 0.25) is 0 Å². The second-order valence-electron chi connectivity index (χ2n) is 7.53. The number of carbonyl (C=O) groups is 1. The molecule has 32 heavy (non-hydrogen) atoms. The van der Waals surface area contributed by atoms with Crippen LogP contribution in [0.5, 0.6) is 5.75 Å². The highest BCUT2D eigenvalue weighted by molar-refractivity contribution is 5.96. The van der Waals surface area contributed by atoms with Gasteiger partial charge in [0.15, 0.2) is 0 Å². The van der Waals surface area contributed by atoms with Crippen molar-refractivity contribution < 1.29 is 27.8 Å². The average molecular weight is 440 g/mol. The first-order valence-corrected chi connectivity index (χ1v) is 9.83. The fourth-order valence-electron chi connectivity index (χ4n) is 3.48. The number of alkyl halides is 3. The lowest BCUT2D eigenvalue weighted by atomic mass is 10.1. The van der Waals surface area contributed by atoms with Crippen LogP contribution in [0.3, 0.4) is 0 Å². The van der Waals surface area contributed by atoms with E-state index in [2.05, 4.69) is 4.98 Å². The maximum absolute atomic E-state index is 12.8. The van der Waals surface area contributed by atoms with Gasteiger partial charge in [-0.05, 0) is 62.4 Å². The summed E-state index contributed by atoms with van der Waals surface area (Å²) in [5.41, 5.74) is 1.43. The Hall–Kier alpha value is -3.81. The molecular weight excluding hydrogens is 421 g/mol. The molecule has 2 aromatic heterocycles. The number of rotatable bonds is 5. The summed E-state index contributed by atoms with van der Waals surface area (Å²) in [6, 6.07) is 14.9. The maximum Gasteiger partial charge on any atom is 0.416 e. The summed E-state index contributed by atoms with van der Waals surface area (Å²) in [7, 11) is 0. The topological polar surface area (TPSA) is 64.3 Å². The zero-order valence-corrected chi connectivity index (χ0v) is 17.2. The summed E-state index contributed by atoms with van der Waals surface area (Å²) in [4.78, 5) is 16.3. The number of ether oxygens (including phenoxy) is 1. The lowest BCUT2D eigenvalue weighted by molar-refractivity contribution is -0.137. The number of pyridine rings is 1. The molecule has 164 valence electrons. The van der Waals surface area contributed by atoms with Gasteiger partial charge in [0.25, 0.3) is 0 Å². The number of aromatic nitrogens is 2. The van der Waals surface area contributed by atoms with Crippen molar-refractivity contribution in [2.24, 2.45) is 0 Å². The van der Waals surface area contributed by atoms with Gasteiger partial charge in [-0.15, -0.1) is 0 Å². The van der Waals surface area contributed by atoms with Crippen molar-refractivity contribution in [1.82, 2.24) is 9.55 Å². The van der Waals surface area contributed by atoms with Crippen LogP contribution < -0.4 is 4.74 Å². The second-order valence-corrected chi connectivity index (χ2v) is 7.53. The number of hydrogen-bond donors (Lipinski definition) is 1. The van der Waals surface area contributed by atoms with Crippen molar-refractivity contribution in [3.63, 3.8) is 0 Å². The van der Waals surface area contributed by atoms with E-state index in [9.17, 15) is 23.1 Å². The largest absolute Gasteiger partial charge is 0.491 e. The number of halogens is 3. The highest BCUT2D eigenvalue weighted by Crippen LogP contribution is 2.32. The third-order valence-electron chi connectivity index (χ3n) is 4.88. The molecule has 0 aliphatic heterocycles. The highest BCUT2D eigenvalue weighted by Gasteiger charge is 2.30. The van der Waals surface area contributed by atoms with Crippen LogP contribution in [0.1, 0.15) is 29.9 Å². The van der Waals surface area contributed by atoms with Crippen molar-refractivity contribution in [3.05, 3.63) is 78.1 Å². The summed E-state index contributed by atoms with van der Waals surface area (Å²) >= 11 is 0. The monoisotopic (exact) mass is 440 g/mol. The van der Waals surface area contributed by atoms with Gasteiger partial charge in [0.1, 0.15) is 11.4 Å². The summed E-state index contributed by atoms with van der Waals surface area (Å²) in [5, 5.41) is 10.3. The fourth-order valence-corrected chi connectivity index (χ4v) is 3.48. The van der Waals surface area contributed by atoms with Gasteiger partial charge in [-0.25, -0.2) is 4.79 Å². The number of carboxylic acids is 1. The van der Waals surface area contributed by atoms with E-state index in [0.29, 0.717) is 33.6 Å².